The zero-order valence-electron chi connectivity index (χ0n) is 16.2. The monoisotopic (exact) mass is 241 g/mol. The van der Waals surface area contributed by atoms with Crippen LogP contribution < -0.4 is 10.2 Å². The Balaban J connectivity index is 2.58. The van der Waals surface area contributed by atoms with Crippen molar-refractivity contribution in [3.8, 4) is 5.75 Å². The average molecular weight is 241 g/mol. The van der Waals surface area contributed by atoms with Gasteiger partial charge in [0.1, 0.15) is 5.75 Å². The van der Waals surface area contributed by atoms with Crippen molar-refractivity contribution >= 4 is 12.6 Å². The Kier molecular flexibility index (Phi) is 1.59. The van der Waals surface area contributed by atoms with Gasteiger partial charge >= 0.3 is 7.12 Å². The summed E-state index contributed by atoms with van der Waals surface area (Å²) in [6.07, 6.45) is -1.02. The van der Waals surface area contributed by atoms with Crippen LogP contribution in [-0.4, -0.2) is 30.3 Å². The Morgan fingerprint density at radius 1 is 1.35 bits per heavy atom. The summed E-state index contributed by atoms with van der Waals surface area (Å²) in [5.74, 6) is -0.426. The summed E-state index contributed by atoms with van der Waals surface area (Å²) in [5, 5.41) is 0. The highest BCUT2D eigenvalue weighted by molar-refractivity contribution is 6.63. The van der Waals surface area contributed by atoms with E-state index in [9.17, 15) is 0 Å². The number of nitrogens with zero attached hydrogens (tertiary/aromatic N) is 1. The summed E-state index contributed by atoms with van der Waals surface area (Å²) >= 11 is 0. The van der Waals surface area contributed by atoms with Crippen molar-refractivity contribution in [2.75, 3.05) is 7.04 Å². The number of methoxy groups -OCH3 is 1. The van der Waals surface area contributed by atoms with E-state index >= 15 is 0 Å². The Bertz CT molecular complexity index is 618. The molecular weight excluding hydrogens is 217 g/mol. The van der Waals surface area contributed by atoms with Gasteiger partial charge in [-0.05, 0) is 33.7 Å². The SMILES string of the molecule is [2H]c1nc([2H])c(OC([2H])([2H])[2H])c(B2OC(C)(C)C(C)(C)O2)c1[2H]. The fraction of sp³-hybridized carbons (Fsp3) is 0.583. The molecular formula is C12H18BNO3. The predicted octanol–water partition coefficient (Wildman–Crippen LogP) is 1.39. The van der Waals surface area contributed by atoms with Gasteiger partial charge in [0.05, 0.1) is 32.6 Å². The van der Waals surface area contributed by atoms with Crippen LogP contribution in [0.4, 0.5) is 0 Å². The molecule has 17 heavy (non-hydrogen) atoms. The Hall–Kier alpha value is -1.07. The number of aromatic nitrogens is 1. The summed E-state index contributed by atoms with van der Waals surface area (Å²) in [7, 11) is -3.95. The van der Waals surface area contributed by atoms with E-state index in [0.717, 1.165) is 0 Å². The molecule has 0 radical (unpaired) electrons. The van der Waals surface area contributed by atoms with Gasteiger partial charge in [-0.1, -0.05) is 0 Å². The van der Waals surface area contributed by atoms with Crippen LogP contribution in [0.5, 0.6) is 5.75 Å². The lowest BCUT2D eigenvalue weighted by atomic mass is 9.79. The first-order chi connectivity index (χ1) is 10.3. The van der Waals surface area contributed by atoms with Crippen molar-refractivity contribution in [2.45, 2.75) is 38.9 Å². The first-order valence-corrected chi connectivity index (χ1v) is 5.27. The van der Waals surface area contributed by atoms with E-state index in [1.807, 2.05) is 0 Å². The van der Waals surface area contributed by atoms with E-state index in [4.69, 9.17) is 22.3 Å². The van der Waals surface area contributed by atoms with Gasteiger partial charge in [-0.15, -0.1) is 0 Å². The molecule has 0 N–H and O–H groups in total. The van der Waals surface area contributed by atoms with Gasteiger partial charge in [-0.2, -0.15) is 0 Å². The molecule has 0 bridgehead atoms. The number of rotatable bonds is 2. The summed E-state index contributed by atoms with van der Waals surface area (Å²) in [6.45, 7) is 7.19. The van der Waals surface area contributed by atoms with Gasteiger partial charge in [-0.3, -0.25) is 4.98 Å². The molecule has 5 heteroatoms. The number of hydrogen-bond donors (Lipinski definition) is 0. The molecule has 0 saturated carbocycles. The molecule has 0 aliphatic carbocycles. The summed E-state index contributed by atoms with van der Waals surface area (Å²) < 4.78 is 61.6. The molecule has 2 rings (SSSR count). The average Bonchev–Trinajstić information content (AvgIpc) is 2.53. The molecule has 4 nitrogen and oxygen atoms in total. The lowest BCUT2D eigenvalue weighted by molar-refractivity contribution is 0.00578. The van der Waals surface area contributed by atoms with Crippen LogP contribution in [0.2, 0.25) is 0 Å². The van der Waals surface area contributed by atoms with Crippen LogP contribution in [0.1, 0.15) is 35.9 Å². The quantitative estimate of drug-likeness (QED) is 0.733. The molecule has 0 amide bonds. The fourth-order valence-corrected chi connectivity index (χ4v) is 1.49. The molecule has 1 saturated heterocycles. The van der Waals surface area contributed by atoms with E-state index in [1.54, 1.807) is 27.7 Å². The van der Waals surface area contributed by atoms with Crippen molar-refractivity contribution in [2.24, 2.45) is 0 Å². The highest BCUT2D eigenvalue weighted by atomic mass is 16.7. The van der Waals surface area contributed by atoms with Crippen LogP contribution in [0, 0.1) is 0 Å². The minimum absolute atomic E-state index is 0.107. The third-order valence-corrected chi connectivity index (χ3v) is 3.24. The molecule has 0 atom stereocenters. The van der Waals surface area contributed by atoms with Crippen molar-refractivity contribution in [1.29, 1.82) is 0 Å². The third kappa shape index (κ3) is 2.05. The standard InChI is InChI=1S/C12H18BNO3/c1-11(2)12(3,4)17-13(16-11)9-6-7-14-8-10(9)15-5/h6-8H,1-5H3/i5D3,6D,7D,8D. The summed E-state index contributed by atoms with van der Waals surface area (Å²) in [5.41, 5.74) is -1.56. The minimum atomic E-state index is -2.83. The highest BCUT2D eigenvalue weighted by Crippen LogP contribution is 2.36. The molecule has 1 aliphatic heterocycles. The van der Waals surface area contributed by atoms with Crippen LogP contribution in [0.25, 0.3) is 0 Å². The Labute approximate surface area is 111 Å². The second-order valence-corrected chi connectivity index (χ2v) is 4.89. The Morgan fingerprint density at radius 2 is 2.00 bits per heavy atom. The number of pyridine rings is 1. The molecule has 0 spiro atoms. The summed E-state index contributed by atoms with van der Waals surface area (Å²) in [6, 6.07) is -0.390. The fourth-order valence-electron chi connectivity index (χ4n) is 1.49. The van der Waals surface area contributed by atoms with Crippen LogP contribution >= 0.6 is 0 Å². The van der Waals surface area contributed by atoms with Gasteiger partial charge in [0, 0.05) is 11.6 Å². The maximum atomic E-state index is 8.01. The van der Waals surface area contributed by atoms with Crippen LogP contribution in [0.3, 0.4) is 0 Å². The number of hydrogen-bond acceptors (Lipinski definition) is 4. The predicted molar refractivity (Wildman–Crippen MR) is 66.5 cm³/mol. The van der Waals surface area contributed by atoms with Gasteiger partial charge in [-0.25, -0.2) is 0 Å². The highest BCUT2D eigenvalue weighted by Gasteiger charge is 2.52. The second-order valence-electron chi connectivity index (χ2n) is 4.89. The molecule has 1 aromatic rings. The van der Waals surface area contributed by atoms with Gasteiger partial charge < -0.3 is 14.0 Å². The largest absolute Gasteiger partial charge is 0.498 e. The maximum absolute atomic E-state index is 8.01. The topological polar surface area (TPSA) is 40.6 Å². The molecule has 2 heterocycles. The maximum Gasteiger partial charge on any atom is 0.498 e. The van der Waals surface area contributed by atoms with Crippen molar-refractivity contribution in [1.82, 2.24) is 4.98 Å². The molecule has 1 fully saturated rings. The molecule has 1 aliphatic rings. The lowest BCUT2D eigenvalue weighted by Gasteiger charge is -2.32. The normalized spacial score (nSPS) is 27.4. The van der Waals surface area contributed by atoms with E-state index in [1.165, 1.54) is 0 Å². The lowest BCUT2D eigenvalue weighted by Crippen LogP contribution is -2.41. The molecule has 92 valence electrons. The van der Waals surface area contributed by atoms with Crippen molar-refractivity contribution < 1.29 is 22.3 Å². The third-order valence-electron chi connectivity index (χ3n) is 3.24. The molecule has 0 unspecified atom stereocenters. The summed E-state index contributed by atoms with van der Waals surface area (Å²) in [4.78, 5) is 3.52. The van der Waals surface area contributed by atoms with Crippen molar-refractivity contribution in [3.05, 3.63) is 18.4 Å². The van der Waals surface area contributed by atoms with Crippen molar-refractivity contribution in [3.63, 3.8) is 0 Å². The van der Waals surface area contributed by atoms with Gasteiger partial charge in [0.15, 0.2) is 0 Å². The van der Waals surface area contributed by atoms with E-state index in [0.29, 0.717) is 0 Å². The van der Waals surface area contributed by atoms with E-state index in [-0.39, 0.29) is 5.46 Å². The van der Waals surface area contributed by atoms with Gasteiger partial charge in [0.25, 0.3) is 0 Å². The first-order valence-electron chi connectivity index (χ1n) is 8.27. The van der Waals surface area contributed by atoms with Crippen LogP contribution in [-0.2, 0) is 9.31 Å². The van der Waals surface area contributed by atoms with E-state index < -0.39 is 49.5 Å². The van der Waals surface area contributed by atoms with E-state index in [2.05, 4.69) is 4.98 Å². The zero-order chi connectivity index (χ0) is 17.8. The Morgan fingerprint density at radius 3 is 2.59 bits per heavy atom. The minimum Gasteiger partial charge on any atom is -0.496 e. The smallest absolute Gasteiger partial charge is 0.496 e. The second kappa shape index (κ2) is 4.00. The first kappa shape index (κ1) is 6.76. The van der Waals surface area contributed by atoms with Gasteiger partial charge in [0.2, 0.25) is 0 Å². The van der Waals surface area contributed by atoms with Crippen LogP contribution in [0.15, 0.2) is 18.4 Å². The number of ether oxygens (including phenoxy) is 1. The molecule has 1 aromatic heterocycles. The molecule has 0 aromatic carbocycles. The zero-order valence-corrected chi connectivity index (χ0v) is 10.2.